The van der Waals surface area contributed by atoms with Gasteiger partial charge in [-0.3, -0.25) is 4.79 Å². The smallest absolute Gasteiger partial charge is 0.219 e. The monoisotopic (exact) mass is 590 g/mol. The van der Waals surface area contributed by atoms with Crippen LogP contribution in [0.25, 0.3) is 0 Å². The highest BCUT2D eigenvalue weighted by atomic mass is 16.1. The van der Waals surface area contributed by atoms with E-state index in [0.717, 1.165) is 25.8 Å². The van der Waals surface area contributed by atoms with Crippen molar-refractivity contribution in [1.82, 2.24) is 5.32 Å². The summed E-state index contributed by atoms with van der Waals surface area (Å²) in [4.78, 5) is 12.1. The van der Waals surface area contributed by atoms with Crippen molar-refractivity contribution < 1.29 is 4.79 Å². The highest BCUT2D eigenvalue weighted by Crippen LogP contribution is 2.15. The highest BCUT2D eigenvalue weighted by molar-refractivity contribution is 5.75. The molecule has 2 heteroatoms. The minimum atomic E-state index is 0.276. The molecule has 0 aromatic heterocycles. The van der Waals surface area contributed by atoms with Gasteiger partial charge in [0.05, 0.1) is 0 Å². The van der Waals surface area contributed by atoms with Crippen LogP contribution in [-0.4, -0.2) is 12.5 Å². The standard InChI is InChI=1S/C40H79NO/c1-3-5-7-9-11-13-15-17-19-20-21-22-23-25-27-29-31-33-35-37-39-41-40(42)38-36-34-32-30-28-26-24-18-16-14-12-10-8-6-4-2/h17,19H,3-16,18,20-39H2,1-2H3,(H,41,42)/b19-17-. The second kappa shape index (κ2) is 38.2. The van der Waals surface area contributed by atoms with Crippen molar-refractivity contribution in [2.45, 2.75) is 232 Å². The molecule has 1 N–H and O–H groups in total. The Bertz CT molecular complexity index is 528. The first-order valence-electron chi connectivity index (χ1n) is 19.7. The Morgan fingerprint density at radius 2 is 0.667 bits per heavy atom. The molecule has 0 rings (SSSR count). The average Bonchev–Trinajstić information content (AvgIpc) is 3.00. The summed E-state index contributed by atoms with van der Waals surface area (Å²) < 4.78 is 0. The molecule has 42 heavy (non-hydrogen) atoms. The molecular formula is C40H79NO. The van der Waals surface area contributed by atoms with Crippen molar-refractivity contribution in [2.75, 3.05) is 6.54 Å². The number of rotatable bonds is 36. The fourth-order valence-corrected chi connectivity index (χ4v) is 6.05. The maximum Gasteiger partial charge on any atom is 0.219 e. The molecule has 0 aliphatic heterocycles. The summed E-state index contributed by atoms with van der Waals surface area (Å²) >= 11 is 0. The molecule has 0 atom stereocenters. The summed E-state index contributed by atoms with van der Waals surface area (Å²) in [6, 6.07) is 0. The third kappa shape index (κ3) is 37.2. The molecule has 0 aromatic rings. The molecule has 0 radical (unpaired) electrons. The maximum absolute atomic E-state index is 12.1. The summed E-state index contributed by atoms with van der Waals surface area (Å²) in [6.45, 7) is 5.46. The summed E-state index contributed by atoms with van der Waals surface area (Å²) in [6.07, 6.45) is 50.7. The number of nitrogens with one attached hydrogen (secondary N) is 1. The lowest BCUT2D eigenvalue weighted by Gasteiger charge is -2.06. The molecule has 0 bridgehead atoms. The summed E-state index contributed by atoms with van der Waals surface area (Å²) in [7, 11) is 0. The lowest BCUT2D eigenvalue weighted by atomic mass is 10.0. The Balaban J connectivity index is 3.17. The van der Waals surface area contributed by atoms with Gasteiger partial charge in [0.15, 0.2) is 0 Å². The van der Waals surface area contributed by atoms with Gasteiger partial charge in [0.25, 0.3) is 0 Å². The number of allylic oxidation sites excluding steroid dienone is 2. The van der Waals surface area contributed by atoms with E-state index < -0.39 is 0 Å². The van der Waals surface area contributed by atoms with Gasteiger partial charge in [0.1, 0.15) is 0 Å². The number of hydrogen-bond acceptors (Lipinski definition) is 1. The van der Waals surface area contributed by atoms with E-state index in [2.05, 4.69) is 31.3 Å². The lowest BCUT2D eigenvalue weighted by Crippen LogP contribution is -2.23. The van der Waals surface area contributed by atoms with Crippen LogP contribution in [-0.2, 0) is 4.79 Å². The van der Waals surface area contributed by atoms with E-state index in [9.17, 15) is 4.79 Å². The topological polar surface area (TPSA) is 29.1 Å². The Kier molecular flexibility index (Phi) is 37.5. The van der Waals surface area contributed by atoms with Crippen molar-refractivity contribution in [3.63, 3.8) is 0 Å². The van der Waals surface area contributed by atoms with Gasteiger partial charge in [-0.2, -0.15) is 0 Å². The predicted molar refractivity (Wildman–Crippen MR) is 190 cm³/mol. The number of carbonyl (C=O) groups excluding carboxylic acids is 1. The highest BCUT2D eigenvalue weighted by Gasteiger charge is 2.01. The summed E-state index contributed by atoms with van der Waals surface area (Å²) in [5, 5.41) is 3.15. The van der Waals surface area contributed by atoms with Crippen molar-refractivity contribution in [3.05, 3.63) is 12.2 Å². The molecule has 0 aromatic carbocycles. The Labute approximate surface area is 266 Å². The van der Waals surface area contributed by atoms with Crippen LogP contribution in [0.4, 0.5) is 0 Å². The van der Waals surface area contributed by atoms with E-state index in [4.69, 9.17) is 0 Å². The minimum Gasteiger partial charge on any atom is -0.356 e. The molecule has 0 spiro atoms. The minimum absolute atomic E-state index is 0.276. The molecule has 0 unspecified atom stereocenters. The van der Waals surface area contributed by atoms with Crippen LogP contribution in [0.5, 0.6) is 0 Å². The molecule has 0 saturated heterocycles. The predicted octanol–water partition coefficient (Wildman–Crippen LogP) is 14.0. The Morgan fingerprint density at radius 3 is 1.02 bits per heavy atom. The van der Waals surface area contributed by atoms with Crippen molar-refractivity contribution >= 4 is 5.91 Å². The maximum atomic E-state index is 12.1. The van der Waals surface area contributed by atoms with Crippen LogP contribution >= 0.6 is 0 Å². The average molecular weight is 590 g/mol. The first kappa shape index (κ1) is 41.2. The normalized spacial score (nSPS) is 11.6. The van der Waals surface area contributed by atoms with Crippen LogP contribution in [0.3, 0.4) is 0 Å². The van der Waals surface area contributed by atoms with E-state index in [1.165, 1.54) is 199 Å². The Hall–Kier alpha value is -0.790. The number of unbranched alkanes of at least 4 members (excludes halogenated alkanes) is 30. The molecule has 0 fully saturated rings. The molecular weight excluding hydrogens is 510 g/mol. The van der Waals surface area contributed by atoms with Gasteiger partial charge in [-0.15, -0.1) is 0 Å². The molecule has 1 amide bonds. The van der Waals surface area contributed by atoms with Crippen molar-refractivity contribution in [2.24, 2.45) is 0 Å². The largest absolute Gasteiger partial charge is 0.356 e. The zero-order valence-corrected chi connectivity index (χ0v) is 29.3. The second-order valence-electron chi connectivity index (χ2n) is 13.4. The SMILES string of the molecule is CCCCCCCC/C=C\CCCCCCCCCCCCNC(=O)CCCCCCCCCCCCCCCCC. The van der Waals surface area contributed by atoms with E-state index in [-0.39, 0.29) is 5.91 Å². The van der Waals surface area contributed by atoms with Crippen LogP contribution in [0.15, 0.2) is 12.2 Å². The third-order valence-corrected chi connectivity index (χ3v) is 9.02. The van der Waals surface area contributed by atoms with Gasteiger partial charge in [-0.05, 0) is 38.5 Å². The summed E-state index contributed by atoms with van der Waals surface area (Å²) in [5.41, 5.74) is 0. The number of carbonyl (C=O) groups is 1. The van der Waals surface area contributed by atoms with Crippen molar-refractivity contribution in [3.8, 4) is 0 Å². The first-order chi connectivity index (χ1) is 20.8. The van der Waals surface area contributed by atoms with Crippen LogP contribution in [0.1, 0.15) is 232 Å². The van der Waals surface area contributed by atoms with Crippen molar-refractivity contribution in [1.29, 1.82) is 0 Å². The second-order valence-corrected chi connectivity index (χ2v) is 13.4. The van der Waals surface area contributed by atoms with Crippen LogP contribution < -0.4 is 5.32 Å². The van der Waals surface area contributed by atoms with E-state index in [1.807, 2.05) is 0 Å². The third-order valence-electron chi connectivity index (χ3n) is 9.02. The molecule has 250 valence electrons. The lowest BCUT2D eigenvalue weighted by molar-refractivity contribution is -0.121. The van der Waals surface area contributed by atoms with E-state index >= 15 is 0 Å². The first-order valence-corrected chi connectivity index (χ1v) is 19.7. The zero-order valence-electron chi connectivity index (χ0n) is 29.3. The van der Waals surface area contributed by atoms with Gasteiger partial charge in [0, 0.05) is 13.0 Å². The number of amides is 1. The van der Waals surface area contributed by atoms with E-state index in [0.29, 0.717) is 0 Å². The molecule has 0 heterocycles. The van der Waals surface area contributed by atoms with Gasteiger partial charge in [0.2, 0.25) is 5.91 Å². The van der Waals surface area contributed by atoms with Gasteiger partial charge < -0.3 is 5.32 Å². The van der Waals surface area contributed by atoms with Crippen LogP contribution in [0, 0.1) is 0 Å². The summed E-state index contributed by atoms with van der Waals surface area (Å²) in [5.74, 6) is 0.276. The van der Waals surface area contributed by atoms with Crippen LogP contribution in [0.2, 0.25) is 0 Å². The number of hydrogen-bond donors (Lipinski definition) is 1. The zero-order chi connectivity index (χ0) is 30.4. The van der Waals surface area contributed by atoms with E-state index in [1.54, 1.807) is 0 Å². The molecule has 0 aliphatic carbocycles. The van der Waals surface area contributed by atoms with Gasteiger partial charge in [-0.1, -0.05) is 199 Å². The quantitative estimate of drug-likeness (QED) is 0.0571. The van der Waals surface area contributed by atoms with Gasteiger partial charge >= 0.3 is 0 Å². The molecule has 2 nitrogen and oxygen atoms in total. The van der Waals surface area contributed by atoms with Gasteiger partial charge in [-0.25, -0.2) is 0 Å². The fraction of sp³-hybridized carbons (Fsp3) is 0.925. The Morgan fingerprint density at radius 1 is 0.381 bits per heavy atom. The molecule has 0 saturated carbocycles. The fourth-order valence-electron chi connectivity index (χ4n) is 6.05. The molecule has 0 aliphatic rings.